The highest BCUT2D eigenvalue weighted by atomic mass is 16.9. The first-order valence-corrected chi connectivity index (χ1v) is 11.8. The maximum atomic E-state index is 10.7. The van der Waals surface area contributed by atoms with Gasteiger partial charge in [-0.05, 0) is 13.5 Å². The molecule has 2 unspecified atom stereocenters. The van der Waals surface area contributed by atoms with Gasteiger partial charge in [0.1, 0.15) is 48.8 Å². The minimum absolute atomic E-state index is 0.254. The van der Waals surface area contributed by atoms with E-state index in [-0.39, 0.29) is 6.42 Å². The number of ether oxygens (including phenoxy) is 5. The molecular formula is C20H37N3O13. The topological polar surface area (TPSA) is 272 Å². The molecule has 1 aliphatic carbocycles. The summed E-state index contributed by atoms with van der Waals surface area (Å²) in [7, 11) is 1.60. The van der Waals surface area contributed by atoms with Gasteiger partial charge in [-0.15, -0.1) is 0 Å². The predicted octanol–water partition coefficient (Wildman–Crippen LogP) is -7.27. The van der Waals surface area contributed by atoms with Crippen molar-refractivity contribution in [2.45, 2.75) is 104 Å². The Morgan fingerprint density at radius 3 is 2.22 bits per heavy atom. The minimum atomic E-state index is -2.48. The zero-order chi connectivity index (χ0) is 26.5. The van der Waals surface area contributed by atoms with E-state index >= 15 is 0 Å². The fourth-order valence-electron chi connectivity index (χ4n) is 5.23. The second-order valence-corrected chi connectivity index (χ2v) is 9.72. The van der Waals surface area contributed by atoms with Gasteiger partial charge in [0, 0.05) is 12.1 Å². The third-order valence-electron chi connectivity index (χ3n) is 7.42. The Morgan fingerprint density at radius 2 is 1.61 bits per heavy atom. The van der Waals surface area contributed by atoms with E-state index in [1.165, 1.54) is 0 Å². The summed E-state index contributed by atoms with van der Waals surface area (Å²) in [6.07, 6.45) is -17.7. The number of fused-ring (bicyclic) bond motifs is 1. The molecule has 210 valence electrons. The summed E-state index contributed by atoms with van der Waals surface area (Å²) in [5.41, 5.74) is 11.8. The van der Waals surface area contributed by atoms with E-state index in [2.05, 4.69) is 5.32 Å². The Labute approximate surface area is 206 Å². The van der Waals surface area contributed by atoms with Crippen LogP contribution in [0.4, 0.5) is 0 Å². The maximum Gasteiger partial charge on any atom is 0.314 e. The normalized spacial score (nSPS) is 54.4. The van der Waals surface area contributed by atoms with Crippen molar-refractivity contribution in [2.75, 3.05) is 20.3 Å². The number of hydrogen-bond acceptors (Lipinski definition) is 16. The summed E-state index contributed by atoms with van der Waals surface area (Å²) in [4.78, 5) is 0. The lowest BCUT2D eigenvalue weighted by atomic mass is 9.84. The van der Waals surface area contributed by atoms with E-state index in [1.54, 1.807) is 7.05 Å². The smallest absolute Gasteiger partial charge is 0.314 e. The Hall–Kier alpha value is -0.640. The fraction of sp³-hybridized carbons (Fsp3) is 1.00. The summed E-state index contributed by atoms with van der Waals surface area (Å²) >= 11 is 0. The molecule has 36 heavy (non-hydrogen) atoms. The van der Waals surface area contributed by atoms with Crippen LogP contribution in [-0.2, 0) is 23.7 Å². The SMILES string of the molecule is CN[C@H]1C[C@@H](N)[C@H](O)[C@@H](O[C@@H]2O[C@H](CO)[C@H](O)[C@@H]3OC4(O[C@H]23)O[C@H]([C@@H](N)CO)[C@H](O)[C@H](O)C4O)[C@@H]1O. The van der Waals surface area contributed by atoms with Crippen molar-refractivity contribution < 1.29 is 64.5 Å². The third kappa shape index (κ3) is 4.68. The van der Waals surface area contributed by atoms with Crippen molar-refractivity contribution in [3.8, 4) is 0 Å². The van der Waals surface area contributed by atoms with E-state index in [1.807, 2.05) is 0 Å². The second-order valence-electron chi connectivity index (χ2n) is 9.72. The molecular weight excluding hydrogens is 490 g/mol. The van der Waals surface area contributed by atoms with Gasteiger partial charge in [0.05, 0.1) is 31.5 Å². The predicted molar refractivity (Wildman–Crippen MR) is 115 cm³/mol. The fourth-order valence-corrected chi connectivity index (χ4v) is 5.23. The zero-order valence-corrected chi connectivity index (χ0v) is 19.6. The van der Waals surface area contributed by atoms with Crippen LogP contribution in [0.5, 0.6) is 0 Å². The van der Waals surface area contributed by atoms with E-state index in [0.717, 1.165) is 0 Å². The molecule has 3 heterocycles. The molecule has 0 radical (unpaired) electrons. The molecule has 0 amide bonds. The van der Waals surface area contributed by atoms with Crippen LogP contribution in [0.3, 0.4) is 0 Å². The van der Waals surface area contributed by atoms with Gasteiger partial charge in [0.15, 0.2) is 12.4 Å². The minimum Gasteiger partial charge on any atom is -0.395 e. The highest BCUT2D eigenvalue weighted by molar-refractivity contribution is 5.05. The first kappa shape index (κ1) is 28.4. The zero-order valence-electron chi connectivity index (χ0n) is 19.6. The monoisotopic (exact) mass is 527 g/mol. The van der Waals surface area contributed by atoms with Gasteiger partial charge in [-0.2, -0.15) is 0 Å². The van der Waals surface area contributed by atoms with Crippen LogP contribution in [0.1, 0.15) is 6.42 Å². The Kier molecular flexibility index (Phi) is 8.55. The molecule has 1 spiro atoms. The maximum absolute atomic E-state index is 10.7. The molecule has 4 aliphatic rings. The van der Waals surface area contributed by atoms with E-state index in [4.69, 9.17) is 35.2 Å². The molecule has 3 saturated heterocycles. The summed E-state index contributed by atoms with van der Waals surface area (Å²) in [6, 6.07) is -2.50. The Bertz CT molecular complexity index is 756. The van der Waals surface area contributed by atoms with E-state index in [9.17, 15) is 40.9 Å². The molecule has 4 rings (SSSR count). The quantitative estimate of drug-likeness (QED) is 0.153. The van der Waals surface area contributed by atoms with Gasteiger partial charge in [-0.25, -0.2) is 0 Å². The van der Waals surface area contributed by atoms with E-state index < -0.39 is 111 Å². The summed E-state index contributed by atoms with van der Waals surface area (Å²) in [5, 5.41) is 85.6. The molecule has 1 saturated carbocycles. The number of likely N-dealkylation sites (N-methyl/N-ethyl adjacent to an activating group) is 1. The van der Waals surface area contributed by atoms with Crippen molar-refractivity contribution in [1.82, 2.24) is 5.32 Å². The number of aliphatic hydroxyl groups is 8. The molecule has 3 aliphatic heterocycles. The standard InChI is InChI=1S/C20H37N3O13/c1-23-7-2-5(21)9(26)15(10(7)27)33-19-17-16(11(28)8(4-25)32-19)35-20(36-17)18(31)13(30)12(29)14(34-20)6(22)3-24/h5-19,23-31H,2-4,21-22H2,1H3/t5-,6+,7+,8-,9+,10-,11+,12-,13+,14-,15-,16+,17+,18?,19+,20?/m1/s1. The lowest BCUT2D eigenvalue weighted by molar-refractivity contribution is -0.439. The first-order valence-electron chi connectivity index (χ1n) is 11.8. The van der Waals surface area contributed by atoms with Crippen LogP contribution in [0.15, 0.2) is 0 Å². The van der Waals surface area contributed by atoms with Gasteiger partial charge in [-0.1, -0.05) is 0 Å². The summed E-state index contributed by atoms with van der Waals surface area (Å²) < 4.78 is 28.7. The van der Waals surface area contributed by atoms with Crippen LogP contribution in [-0.4, -0.2) is 159 Å². The average molecular weight is 528 g/mol. The van der Waals surface area contributed by atoms with Crippen LogP contribution in [0.2, 0.25) is 0 Å². The van der Waals surface area contributed by atoms with Gasteiger partial charge in [0.2, 0.25) is 0 Å². The number of rotatable bonds is 6. The van der Waals surface area contributed by atoms with Gasteiger partial charge in [0.25, 0.3) is 0 Å². The molecule has 16 nitrogen and oxygen atoms in total. The van der Waals surface area contributed by atoms with Crippen LogP contribution in [0, 0.1) is 0 Å². The van der Waals surface area contributed by atoms with Crippen molar-refractivity contribution in [3.63, 3.8) is 0 Å². The second kappa shape index (κ2) is 10.9. The average Bonchev–Trinajstić information content (AvgIpc) is 3.27. The van der Waals surface area contributed by atoms with Crippen LogP contribution in [0.25, 0.3) is 0 Å². The van der Waals surface area contributed by atoms with E-state index in [0.29, 0.717) is 0 Å². The number of aliphatic hydroxyl groups excluding tert-OH is 8. The van der Waals surface area contributed by atoms with Crippen LogP contribution < -0.4 is 16.8 Å². The first-order chi connectivity index (χ1) is 17.0. The molecule has 0 bridgehead atoms. The number of hydrogen-bond donors (Lipinski definition) is 11. The number of nitrogens with one attached hydrogen (secondary N) is 1. The molecule has 0 aromatic heterocycles. The highest BCUT2D eigenvalue weighted by Crippen LogP contribution is 2.45. The Balaban J connectivity index is 1.62. The molecule has 4 fully saturated rings. The van der Waals surface area contributed by atoms with Gasteiger partial charge < -0.3 is 81.3 Å². The molecule has 16 heteroatoms. The van der Waals surface area contributed by atoms with Crippen molar-refractivity contribution in [1.29, 1.82) is 0 Å². The lowest BCUT2D eigenvalue weighted by Gasteiger charge is -2.46. The summed E-state index contributed by atoms with van der Waals surface area (Å²) in [5.74, 6) is -2.48. The lowest BCUT2D eigenvalue weighted by Crippen LogP contribution is -2.69. The molecule has 13 N–H and O–H groups in total. The van der Waals surface area contributed by atoms with Crippen molar-refractivity contribution in [3.05, 3.63) is 0 Å². The van der Waals surface area contributed by atoms with Crippen molar-refractivity contribution >= 4 is 0 Å². The van der Waals surface area contributed by atoms with Gasteiger partial charge in [-0.3, -0.25) is 0 Å². The molecule has 16 atom stereocenters. The third-order valence-corrected chi connectivity index (χ3v) is 7.42. The van der Waals surface area contributed by atoms with Crippen LogP contribution >= 0.6 is 0 Å². The van der Waals surface area contributed by atoms with Crippen molar-refractivity contribution in [2.24, 2.45) is 11.5 Å². The highest BCUT2D eigenvalue weighted by Gasteiger charge is 2.67. The largest absolute Gasteiger partial charge is 0.395 e. The Morgan fingerprint density at radius 1 is 0.944 bits per heavy atom. The molecule has 0 aromatic rings. The summed E-state index contributed by atoms with van der Waals surface area (Å²) in [6.45, 7) is -1.33. The van der Waals surface area contributed by atoms with Gasteiger partial charge >= 0.3 is 5.97 Å². The molecule has 0 aromatic carbocycles. The number of nitrogens with two attached hydrogens (primary N) is 2.